The first-order valence-electron chi connectivity index (χ1n) is 7.15. The van der Waals surface area contributed by atoms with Gasteiger partial charge in [0.2, 0.25) is 0 Å². The van der Waals surface area contributed by atoms with Crippen molar-refractivity contribution in [3.05, 3.63) is 29.8 Å². The zero-order valence-electron chi connectivity index (χ0n) is 12.3. The number of amides is 1. The van der Waals surface area contributed by atoms with Gasteiger partial charge in [-0.3, -0.25) is 0 Å². The number of para-hydroxylation sites is 1. The fourth-order valence-electron chi connectivity index (χ4n) is 2.50. The van der Waals surface area contributed by atoms with Gasteiger partial charge >= 0.3 is 6.09 Å². The van der Waals surface area contributed by atoms with E-state index in [1.807, 2.05) is 14.0 Å². The minimum atomic E-state index is -0.198. The van der Waals surface area contributed by atoms with Gasteiger partial charge in [-0.05, 0) is 25.6 Å². The average molecular weight is 277 g/mol. The van der Waals surface area contributed by atoms with Gasteiger partial charge in [0.25, 0.3) is 0 Å². The van der Waals surface area contributed by atoms with Crippen molar-refractivity contribution >= 4 is 11.8 Å². The number of benzene rings is 1. The molecular formula is C15H23N3O2. The third-order valence-electron chi connectivity index (χ3n) is 3.51. The highest BCUT2D eigenvalue weighted by molar-refractivity contribution is 5.68. The zero-order chi connectivity index (χ0) is 14.4. The van der Waals surface area contributed by atoms with E-state index in [9.17, 15) is 4.79 Å². The summed E-state index contributed by atoms with van der Waals surface area (Å²) in [5.74, 6) is 0. The Morgan fingerprint density at radius 3 is 2.60 bits per heavy atom. The molecule has 0 saturated carbocycles. The molecular weight excluding hydrogens is 254 g/mol. The summed E-state index contributed by atoms with van der Waals surface area (Å²) in [6, 6.07) is 8.41. The quantitative estimate of drug-likeness (QED) is 0.909. The number of hydrogen-bond donors (Lipinski definition) is 1. The molecule has 0 radical (unpaired) electrons. The van der Waals surface area contributed by atoms with Crippen LogP contribution < -0.4 is 10.2 Å². The Bertz CT molecular complexity index is 442. The largest absolute Gasteiger partial charge is 0.450 e. The van der Waals surface area contributed by atoms with E-state index in [4.69, 9.17) is 4.74 Å². The van der Waals surface area contributed by atoms with Crippen molar-refractivity contribution in [2.45, 2.75) is 13.5 Å². The van der Waals surface area contributed by atoms with Crippen LogP contribution in [0.2, 0.25) is 0 Å². The van der Waals surface area contributed by atoms with Crippen LogP contribution in [-0.2, 0) is 11.3 Å². The number of hydrogen-bond acceptors (Lipinski definition) is 4. The normalized spacial score (nSPS) is 15.3. The van der Waals surface area contributed by atoms with Crippen LogP contribution in [0.25, 0.3) is 0 Å². The number of rotatable bonds is 4. The summed E-state index contributed by atoms with van der Waals surface area (Å²) < 4.78 is 5.04. The van der Waals surface area contributed by atoms with Crippen LogP contribution in [0.5, 0.6) is 0 Å². The monoisotopic (exact) mass is 277 g/mol. The van der Waals surface area contributed by atoms with Crippen molar-refractivity contribution in [1.82, 2.24) is 10.2 Å². The maximum absolute atomic E-state index is 11.7. The lowest BCUT2D eigenvalue weighted by Gasteiger charge is -2.36. The van der Waals surface area contributed by atoms with Crippen LogP contribution in [0.15, 0.2) is 24.3 Å². The molecule has 0 spiro atoms. The third kappa shape index (κ3) is 3.42. The molecule has 1 saturated heterocycles. The van der Waals surface area contributed by atoms with Gasteiger partial charge in [0.15, 0.2) is 0 Å². The van der Waals surface area contributed by atoms with E-state index in [0.29, 0.717) is 19.7 Å². The lowest BCUT2D eigenvalue weighted by Crippen LogP contribution is -2.49. The van der Waals surface area contributed by atoms with Crippen LogP contribution in [0.1, 0.15) is 12.5 Å². The first kappa shape index (κ1) is 14.7. The fourth-order valence-corrected chi connectivity index (χ4v) is 2.50. The van der Waals surface area contributed by atoms with Crippen LogP contribution in [-0.4, -0.2) is 50.8 Å². The zero-order valence-corrected chi connectivity index (χ0v) is 12.3. The number of carbonyl (C=O) groups excluding carboxylic acids is 1. The van der Waals surface area contributed by atoms with Crippen LogP contribution in [0, 0.1) is 0 Å². The molecule has 5 nitrogen and oxygen atoms in total. The van der Waals surface area contributed by atoms with Gasteiger partial charge in [0.1, 0.15) is 0 Å². The Hall–Kier alpha value is -1.75. The van der Waals surface area contributed by atoms with Crippen molar-refractivity contribution in [1.29, 1.82) is 0 Å². The SMILES string of the molecule is CCOC(=O)N1CCN(c2ccccc2CNC)CC1. The molecule has 1 aromatic rings. The summed E-state index contributed by atoms with van der Waals surface area (Å²) in [6.07, 6.45) is -0.198. The number of piperazine rings is 1. The van der Waals surface area contributed by atoms with Gasteiger partial charge < -0.3 is 19.9 Å². The molecule has 1 aliphatic heterocycles. The van der Waals surface area contributed by atoms with Gasteiger partial charge in [-0.15, -0.1) is 0 Å². The van der Waals surface area contributed by atoms with Crippen molar-refractivity contribution in [2.24, 2.45) is 0 Å². The Morgan fingerprint density at radius 2 is 1.95 bits per heavy atom. The lowest BCUT2D eigenvalue weighted by molar-refractivity contribution is 0.105. The van der Waals surface area contributed by atoms with E-state index in [1.54, 1.807) is 4.90 Å². The lowest BCUT2D eigenvalue weighted by atomic mass is 10.1. The van der Waals surface area contributed by atoms with Crippen molar-refractivity contribution in [3.8, 4) is 0 Å². The van der Waals surface area contributed by atoms with Gasteiger partial charge in [0, 0.05) is 38.4 Å². The summed E-state index contributed by atoms with van der Waals surface area (Å²) in [5, 5.41) is 3.20. The molecule has 0 atom stereocenters. The first-order chi connectivity index (χ1) is 9.76. The number of anilines is 1. The van der Waals surface area contributed by atoms with Gasteiger partial charge in [0.05, 0.1) is 6.61 Å². The molecule has 110 valence electrons. The minimum absolute atomic E-state index is 0.198. The van der Waals surface area contributed by atoms with Crippen LogP contribution >= 0.6 is 0 Å². The Morgan fingerprint density at radius 1 is 1.25 bits per heavy atom. The van der Waals surface area contributed by atoms with E-state index < -0.39 is 0 Å². The van der Waals surface area contributed by atoms with Crippen molar-refractivity contribution in [3.63, 3.8) is 0 Å². The number of carbonyl (C=O) groups is 1. The molecule has 1 amide bonds. The van der Waals surface area contributed by atoms with Crippen LogP contribution in [0.4, 0.5) is 10.5 Å². The Kier molecular flexibility index (Phi) is 5.24. The summed E-state index contributed by atoms with van der Waals surface area (Å²) in [4.78, 5) is 15.8. The highest BCUT2D eigenvalue weighted by Gasteiger charge is 2.22. The Balaban J connectivity index is 1.98. The van der Waals surface area contributed by atoms with E-state index >= 15 is 0 Å². The number of nitrogens with one attached hydrogen (secondary N) is 1. The third-order valence-corrected chi connectivity index (χ3v) is 3.51. The van der Waals surface area contributed by atoms with Crippen LogP contribution in [0.3, 0.4) is 0 Å². The van der Waals surface area contributed by atoms with Gasteiger partial charge in [-0.25, -0.2) is 4.79 Å². The summed E-state index contributed by atoms with van der Waals surface area (Å²) >= 11 is 0. The second-order valence-electron chi connectivity index (χ2n) is 4.83. The molecule has 5 heteroatoms. The standard InChI is InChI=1S/C15H23N3O2/c1-3-20-15(19)18-10-8-17(9-11-18)14-7-5-4-6-13(14)12-16-2/h4-7,16H,3,8-12H2,1-2H3. The smallest absolute Gasteiger partial charge is 0.409 e. The van der Waals surface area contributed by atoms with Gasteiger partial charge in [-0.1, -0.05) is 18.2 Å². The summed E-state index contributed by atoms with van der Waals surface area (Å²) in [7, 11) is 1.95. The summed E-state index contributed by atoms with van der Waals surface area (Å²) in [6.45, 7) is 6.25. The molecule has 1 heterocycles. The van der Waals surface area contributed by atoms with E-state index in [-0.39, 0.29) is 6.09 Å². The maximum atomic E-state index is 11.7. The van der Waals surface area contributed by atoms with Gasteiger partial charge in [-0.2, -0.15) is 0 Å². The van der Waals surface area contributed by atoms with Crippen molar-refractivity contribution < 1.29 is 9.53 Å². The molecule has 0 aliphatic carbocycles. The van der Waals surface area contributed by atoms with E-state index in [2.05, 4.69) is 34.5 Å². The second-order valence-corrected chi connectivity index (χ2v) is 4.83. The number of nitrogens with zero attached hydrogens (tertiary/aromatic N) is 2. The molecule has 1 aliphatic rings. The molecule has 20 heavy (non-hydrogen) atoms. The predicted molar refractivity (Wildman–Crippen MR) is 80.0 cm³/mol. The minimum Gasteiger partial charge on any atom is -0.450 e. The molecule has 0 aromatic heterocycles. The molecule has 0 bridgehead atoms. The molecule has 1 aromatic carbocycles. The Labute approximate surface area is 120 Å². The highest BCUT2D eigenvalue weighted by Crippen LogP contribution is 2.21. The molecule has 2 rings (SSSR count). The molecule has 1 N–H and O–H groups in total. The fraction of sp³-hybridized carbons (Fsp3) is 0.533. The van der Waals surface area contributed by atoms with Crippen molar-refractivity contribution in [2.75, 3.05) is 44.7 Å². The number of ether oxygens (including phenoxy) is 1. The topological polar surface area (TPSA) is 44.8 Å². The molecule has 1 fully saturated rings. The molecule has 0 unspecified atom stereocenters. The first-order valence-corrected chi connectivity index (χ1v) is 7.15. The average Bonchev–Trinajstić information content (AvgIpc) is 2.49. The predicted octanol–water partition coefficient (Wildman–Crippen LogP) is 1.68. The maximum Gasteiger partial charge on any atom is 0.409 e. The highest BCUT2D eigenvalue weighted by atomic mass is 16.6. The summed E-state index contributed by atoms with van der Waals surface area (Å²) in [5.41, 5.74) is 2.55. The van der Waals surface area contributed by atoms with E-state index in [1.165, 1.54) is 11.3 Å². The van der Waals surface area contributed by atoms with E-state index in [0.717, 1.165) is 19.6 Å². The second kappa shape index (κ2) is 7.14.